The predicted molar refractivity (Wildman–Crippen MR) is 188 cm³/mol. The van der Waals surface area contributed by atoms with E-state index >= 15 is 0 Å². The first kappa shape index (κ1) is 32.2. The van der Waals surface area contributed by atoms with Crippen LogP contribution in [0.4, 0.5) is 11.4 Å². The number of nitrogens with zero attached hydrogens (tertiary/aromatic N) is 4. The second-order valence-corrected chi connectivity index (χ2v) is 13.8. The summed E-state index contributed by atoms with van der Waals surface area (Å²) in [7, 11) is 3.41. The average Bonchev–Trinajstić information content (AvgIpc) is 3.60. The molecule has 12 heteroatoms. The van der Waals surface area contributed by atoms with Gasteiger partial charge in [-0.3, -0.25) is 29.7 Å². The first-order chi connectivity index (χ1) is 23.3. The van der Waals surface area contributed by atoms with E-state index in [1.165, 1.54) is 31.4 Å². The molecule has 2 aromatic heterocycles. The number of halogens is 1. The number of carbonyl (C=O) groups is 2. The van der Waals surface area contributed by atoms with Crippen molar-refractivity contribution in [3.05, 3.63) is 69.7 Å². The maximum absolute atomic E-state index is 12.5. The highest BCUT2D eigenvalue weighted by Crippen LogP contribution is 2.38. The van der Waals surface area contributed by atoms with Gasteiger partial charge in [-0.1, -0.05) is 11.6 Å². The quantitative estimate of drug-likeness (QED) is 0.225. The number of amides is 2. The van der Waals surface area contributed by atoms with Gasteiger partial charge in [-0.25, -0.2) is 0 Å². The molecular weight excluding hydrogens is 630 g/mol. The van der Waals surface area contributed by atoms with Crippen LogP contribution in [0.25, 0.3) is 22.0 Å². The molecule has 7 rings (SSSR count). The van der Waals surface area contributed by atoms with Crippen molar-refractivity contribution in [1.29, 1.82) is 0 Å². The number of aromatic nitrogens is 3. The largest absolute Gasteiger partial charge is 0.496 e. The predicted octanol–water partition coefficient (Wildman–Crippen LogP) is 4.94. The number of ether oxygens (including phenoxy) is 1. The summed E-state index contributed by atoms with van der Waals surface area (Å²) in [5.74, 6) is 1.75. The monoisotopic (exact) mass is 671 g/mol. The molecule has 0 spiro atoms. The van der Waals surface area contributed by atoms with Gasteiger partial charge in [0, 0.05) is 72.2 Å². The smallest absolute Gasteiger partial charge is 0.276 e. The lowest BCUT2D eigenvalue weighted by Gasteiger charge is -2.41. The minimum Gasteiger partial charge on any atom is -0.496 e. The number of rotatable bonds is 8. The molecule has 1 unspecified atom stereocenters. The molecule has 252 valence electrons. The molecule has 3 N–H and O–H groups in total. The van der Waals surface area contributed by atoms with Crippen LogP contribution in [0.15, 0.2) is 53.6 Å². The van der Waals surface area contributed by atoms with E-state index in [4.69, 9.17) is 16.3 Å². The number of nitrogens with one attached hydrogen (secondary N) is 3. The number of methoxy groups -OCH3 is 1. The Morgan fingerprint density at radius 2 is 1.69 bits per heavy atom. The molecule has 4 aromatic rings. The van der Waals surface area contributed by atoms with Crippen LogP contribution in [0.2, 0.25) is 5.02 Å². The SMILES string of the molecule is COc1cc(-c2cn(C)c(=O)c3[nH]ncc23)cc(Cl)c1CN1CCC(C2CCN(c3ccc(NC4CCC(=O)NC4=O)cc3)CC2)CC1. The molecule has 0 radical (unpaired) electrons. The molecule has 0 saturated carbocycles. The lowest BCUT2D eigenvalue weighted by Crippen LogP contribution is -2.47. The van der Waals surface area contributed by atoms with Crippen LogP contribution < -0.4 is 25.8 Å². The van der Waals surface area contributed by atoms with Crippen LogP contribution >= 0.6 is 11.6 Å². The van der Waals surface area contributed by atoms with Gasteiger partial charge in [0.1, 0.15) is 17.3 Å². The number of H-pyrrole nitrogens is 1. The van der Waals surface area contributed by atoms with Crippen LogP contribution in [-0.4, -0.2) is 70.8 Å². The van der Waals surface area contributed by atoms with Crippen LogP contribution in [0, 0.1) is 11.8 Å². The zero-order valence-corrected chi connectivity index (χ0v) is 28.2. The van der Waals surface area contributed by atoms with Crippen molar-refractivity contribution in [3.8, 4) is 16.9 Å². The van der Waals surface area contributed by atoms with Crippen molar-refractivity contribution in [3.63, 3.8) is 0 Å². The van der Waals surface area contributed by atoms with Gasteiger partial charge in [0.15, 0.2) is 0 Å². The minimum absolute atomic E-state index is 0.122. The summed E-state index contributed by atoms with van der Waals surface area (Å²) in [6.45, 7) is 4.89. The molecule has 48 heavy (non-hydrogen) atoms. The number of carbonyl (C=O) groups excluding carboxylic acids is 2. The zero-order valence-electron chi connectivity index (χ0n) is 27.4. The number of pyridine rings is 1. The molecule has 5 heterocycles. The Balaban J connectivity index is 0.922. The van der Waals surface area contributed by atoms with E-state index in [1.54, 1.807) is 24.9 Å². The van der Waals surface area contributed by atoms with Crippen LogP contribution in [0.5, 0.6) is 5.75 Å². The number of hydrogen-bond donors (Lipinski definition) is 3. The number of aryl methyl sites for hydroxylation is 1. The number of likely N-dealkylation sites (tertiary alicyclic amines) is 1. The maximum atomic E-state index is 12.5. The van der Waals surface area contributed by atoms with Gasteiger partial charge in [0.25, 0.3) is 5.56 Å². The molecule has 11 nitrogen and oxygen atoms in total. The lowest BCUT2D eigenvalue weighted by molar-refractivity contribution is -0.133. The van der Waals surface area contributed by atoms with Gasteiger partial charge >= 0.3 is 0 Å². The third-order valence-corrected chi connectivity index (χ3v) is 10.8. The van der Waals surface area contributed by atoms with E-state index in [0.717, 1.165) is 78.1 Å². The standard InChI is InChI=1S/C36H42ClN7O4/c1-42-20-28(27-19-38-41-34(27)36(42)47)24-17-30(37)29(32(18-24)48-2)21-43-13-9-22(10-14-43)23-11-15-44(16-12-23)26-5-3-25(4-6-26)39-31-7-8-33(45)40-35(31)46/h3-6,17-20,22-23,31,39H,7-16,21H2,1-2H3,(H,38,41)(H,40,45,46). The van der Waals surface area contributed by atoms with Crippen molar-refractivity contribution in [2.24, 2.45) is 18.9 Å². The normalized spacial score (nSPS) is 19.9. The molecule has 3 fully saturated rings. The summed E-state index contributed by atoms with van der Waals surface area (Å²) < 4.78 is 7.41. The molecule has 2 amide bonds. The number of anilines is 2. The van der Waals surface area contributed by atoms with E-state index in [2.05, 4.69) is 42.8 Å². The summed E-state index contributed by atoms with van der Waals surface area (Å²) >= 11 is 6.92. The second-order valence-electron chi connectivity index (χ2n) is 13.4. The Morgan fingerprint density at radius 1 is 0.979 bits per heavy atom. The van der Waals surface area contributed by atoms with Gasteiger partial charge < -0.3 is 19.5 Å². The van der Waals surface area contributed by atoms with Crippen LogP contribution in [0.1, 0.15) is 44.1 Å². The van der Waals surface area contributed by atoms with Crippen LogP contribution in [0.3, 0.4) is 0 Å². The van der Waals surface area contributed by atoms with E-state index in [-0.39, 0.29) is 23.4 Å². The number of benzene rings is 2. The summed E-state index contributed by atoms with van der Waals surface area (Å²) in [4.78, 5) is 41.0. The van der Waals surface area contributed by atoms with E-state index in [9.17, 15) is 14.4 Å². The zero-order chi connectivity index (χ0) is 33.4. The first-order valence-corrected chi connectivity index (χ1v) is 17.2. The number of aromatic amines is 1. The lowest BCUT2D eigenvalue weighted by atomic mass is 9.78. The summed E-state index contributed by atoms with van der Waals surface area (Å²) in [6.07, 6.45) is 9.12. The fraction of sp³-hybridized carbons (Fsp3) is 0.444. The third kappa shape index (κ3) is 6.53. The number of fused-ring (bicyclic) bond motifs is 1. The molecule has 1 atom stereocenters. The van der Waals surface area contributed by atoms with Gasteiger partial charge in [-0.15, -0.1) is 0 Å². The summed E-state index contributed by atoms with van der Waals surface area (Å²) in [5.41, 5.74) is 5.19. The molecule has 3 aliphatic heterocycles. The van der Waals surface area contributed by atoms with Gasteiger partial charge in [0.05, 0.1) is 13.3 Å². The summed E-state index contributed by atoms with van der Waals surface area (Å²) in [6, 6.07) is 11.9. The number of imide groups is 1. The topological polar surface area (TPSA) is 125 Å². The van der Waals surface area contributed by atoms with E-state index in [0.29, 0.717) is 23.4 Å². The number of piperidine rings is 3. The highest BCUT2D eigenvalue weighted by Gasteiger charge is 2.31. The molecular formula is C36H42ClN7O4. The number of hydrogen-bond acceptors (Lipinski definition) is 8. The van der Waals surface area contributed by atoms with Crippen molar-refractivity contribution in [2.75, 3.05) is 43.5 Å². The minimum atomic E-state index is -0.372. The molecule has 0 bridgehead atoms. The van der Waals surface area contributed by atoms with Crippen molar-refractivity contribution in [2.45, 2.75) is 51.1 Å². The van der Waals surface area contributed by atoms with Crippen LogP contribution in [-0.2, 0) is 23.2 Å². The average molecular weight is 672 g/mol. The highest BCUT2D eigenvalue weighted by molar-refractivity contribution is 6.32. The van der Waals surface area contributed by atoms with Crippen molar-refractivity contribution in [1.82, 2.24) is 25.0 Å². The van der Waals surface area contributed by atoms with E-state index in [1.807, 2.05) is 30.5 Å². The van der Waals surface area contributed by atoms with Gasteiger partial charge in [0.2, 0.25) is 11.8 Å². The molecule has 3 saturated heterocycles. The van der Waals surface area contributed by atoms with E-state index < -0.39 is 0 Å². The molecule has 0 aliphatic carbocycles. The highest BCUT2D eigenvalue weighted by atomic mass is 35.5. The van der Waals surface area contributed by atoms with Gasteiger partial charge in [-0.05, 0) is 99.0 Å². The Kier molecular flexibility index (Phi) is 9.15. The Hall–Kier alpha value is -4.35. The molecule has 2 aromatic carbocycles. The molecule has 3 aliphatic rings. The summed E-state index contributed by atoms with van der Waals surface area (Å²) in [5, 5.41) is 14.0. The van der Waals surface area contributed by atoms with Crippen molar-refractivity contribution >= 4 is 45.7 Å². The Bertz CT molecular complexity index is 1870. The maximum Gasteiger partial charge on any atom is 0.276 e. The Morgan fingerprint density at radius 3 is 2.38 bits per heavy atom. The van der Waals surface area contributed by atoms with Crippen molar-refractivity contribution < 1.29 is 14.3 Å². The Labute approximate surface area is 284 Å². The van der Waals surface area contributed by atoms with Gasteiger partial charge in [-0.2, -0.15) is 5.10 Å². The first-order valence-electron chi connectivity index (χ1n) is 16.8. The third-order valence-electron chi connectivity index (χ3n) is 10.5. The second kappa shape index (κ2) is 13.6. The fourth-order valence-corrected chi connectivity index (χ4v) is 7.99. The fourth-order valence-electron chi connectivity index (χ4n) is 7.72.